The van der Waals surface area contributed by atoms with Crippen molar-refractivity contribution in [1.29, 1.82) is 5.26 Å². The zero-order chi connectivity index (χ0) is 16.2. The third-order valence-corrected chi connectivity index (χ3v) is 5.80. The lowest BCUT2D eigenvalue weighted by molar-refractivity contribution is 0.369. The molecule has 1 saturated carbocycles. The van der Waals surface area contributed by atoms with Crippen molar-refractivity contribution in [2.24, 2.45) is 5.73 Å². The second-order valence-electron chi connectivity index (χ2n) is 5.85. The first-order valence-electron chi connectivity index (χ1n) is 7.35. The molecule has 0 bridgehead atoms. The molecule has 1 fully saturated rings. The highest BCUT2D eigenvalue weighted by Gasteiger charge is 2.28. The van der Waals surface area contributed by atoms with Gasteiger partial charge in [0, 0.05) is 12.1 Å². The van der Waals surface area contributed by atoms with E-state index < -0.39 is 15.6 Å². The molecule has 0 heterocycles. The number of nitrogens with two attached hydrogens (primary N) is 1. The molecule has 0 spiro atoms. The van der Waals surface area contributed by atoms with E-state index in [1.165, 1.54) is 18.2 Å². The minimum absolute atomic E-state index is 0.0497. The highest BCUT2D eigenvalue weighted by atomic mass is 35.5. The van der Waals surface area contributed by atoms with E-state index in [1.807, 2.05) is 6.07 Å². The largest absolute Gasteiger partial charge is 0.324 e. The molecule has 5 nitrogen and oxygen atoms in total. The molecule has 2 rings (SSSR count). The number of benzene rings is 1. The van der Waals surface area contributed by atoms with Gasteiger partial charge in [0.05, 0.1) is 15.5 Å². The Hall–Kier alpha value is -1.13. The maximum atomic E-state index is 12.3. The number of nitrogens with one attached hydrogen (secondary N) is 1. The van der Waals surface area contributed by atoms with E-state index in [0.717, 1.165) is 38.5 Å². The molecule has 120 valence electrons. The van der Waals surface area contributed by atoms with Gasteiger partial charge in [-0.2, -0.15) is 5.26 Å². The van der Waals surface area contributed by atoms with E-state index in [4.69, 9.17) is 22.6 Å². The highest BCUT2D eigenvalue weighted by Crippen LogP contribution is 2.25. The lowest BCUT2D eigenvalue weighted by Crippen LogP contribution is -2.49. The van der Waals surface area contributed by atoms with Crippen molar-refractivity contribution in [3.8, 4) is 6.07 Å². The van der Waals surface area contributed by atoms with E-state index >= 15 is 0 Å². The van der Waals surface area contributed by atoms with Crippen LogP contribution in [0.2, 0.25) is 5.02 Å². The van der Waals surface area contributed by atoms with Crippen molar-refractivity contribution in [3.63, 3.8) is 0 Å². The van der Waals surface area contributed by atoms with Crippen molar-refractivity contribution in [3.05, 3.63) is 28.8 Å². The number of sulfonamides is 1. The third-order valence-electron chi connectivity index (χ3n) is 4.08. The zero-order valence-electron chi connectivity index (χ0n) is 12.3. The summed E-state index contributed by atoms with van der Waals surface area (Å²) in [4.78, 5) is 0.0497. The van der Waals surface area contributed by atoms with Gasteiger partial charge in [-0.25, -0.2) is 13.1 Å². The number of rotatable bonds is 4. The van der Waals surface area contributed by atoms with Crippen LogP contribution in [0.15, 0.2) is 23.1 Å². The average molecular weight is 342 g/mol. The summed E-state index contributed by atoms with van der Waals surface area (Å²) in [5.74, 6) is 0. The van der Waals surface area contributed by atoms with Crippen molar-refractivity contribution in [1.82, 2.24) is 4.72 Å². The fourth-order valence-corrected chi connectivity index (χ4v) is 4.14. The molecule has 0 atom stereocenters. The Balaban J connectivity index is 2.11. The van der Waals surface area contributed by atoms with Gasteiger partial charge in [0.2, 0.25) is 10.0 Å². The summed E-state index contributed by atoms with van der Waals surface area (Å²) in [7, 11) is -3.68. The second-order valence-corrected chi connectivity index (χ2v) is 8.03. The Kier molecular flexibility index (Phi) is 5.45. The predicted molar refractivity (Wildman–Crippen MR) is 86.0 cm³/mol. The average Bonchev–Trinajstić information content (AvgIpc) is 2.71. The fourth-order valence-electron chi connectivity index (χ4n) is 2.69. The van der Waals surface area contributed by atoms with Crippen LogP contribution in [0.5, 0.6) is 0 Å². The summed E-state index contributed by atoms with van der Waals surface area (Å²) >= 11 is 5.89. The molecule has 0 amide bonds. The van der Waals surface area contributed by atoms with Gasteiger partial charge < -0.3 is 5.73 Å². The molecule has 0 radical (unpaired) electrons. The van der Waals surface area contributed by atoms with Crippen molar-refractivity contribution >= 4 is 21.6 Å². The van der Waals surface area contributed by atoms with Crippen LogP contribution in [0, 0.1) is 11.3 Å². The first-order valence-corrected chi connectivity index (χ1v) is 9.21. The molecule has 22 heavy (non-hydrogen) atoms. The number of nitriles is 1. The van der Waals surface area contributed by atoms with Crippen LogP contribution in [0.1, 0.15) is 44.1 Å². The highest BCUT2D eigenvalue weighted by molar-refractivity contribution is 7.89. The Labute approximate surface area is 136 Å². The van der Waals surface area contributed by atoms with Crippen LogP contribution in [-0.2, 0) is 10.0 Å². The third kappa shape index (κ3) is 4.20. The second kappa shape index (κ2) is 6.97. The Morgan fingerprint density at radius 3 is 2.45 bits per heavy atom. The van der Waals surface area contributed by atoms with Crippen LogP contribution < -0.4 is 10.5 Å². The maximum absolute atomic E-state index is 12.3. The maximum Gasteiger partial charge on any atom is 0.240 e. The lowest BCUT2D eigenvalue weighted by Gasteiger charge is -2.28. The minimum atomic E-state index is -3.68. The number of halogens is 1. The van der Waals surface area contributed by atoms with Gasteiger partial charge in [0.1, 0.15) is 6.07 Å². The zero-order valence-corrected chi connectivity index (χ0v) is 13.9. The monoisotopic (exact) mass is 341 g/mol. The quantitative estimate of drug-likeness (QED) is 0.822. The number of nitrogens with zero attached hydrogens (tertiary/aromatic N) is 1. The summed E-state index contributed by atoms with van der Waals surface area (Å²) < 4.78 is 27.3. The number of hydrogen-bond donors (Lipinski definition) is 2. The van der Waals surface area contributed by atoms with Gasteiger partial charge in [-0.05, 0) is 31.0 Å². The van der Waals surface area contributed by atoms with Gasteiger partial charge >= 0.3 is 0 Å². The van der Waals surface area contributed by atoms with Gasteiger partial charge in [-0.3, -0.25) is 0 Å². The Morgan fingerprint density at radius 2 is 1.91 bits per heavy atom. The van der Waals surface area contributed by atoms with E-state index in [2.05, 4.69) is 4.72 Å². The Morgan fingerprint density at radius 1 is 1.27 bits per heavy atom. The van der Waals surface area contributed by atoms with E-state index in [0.29, 0.717) is 0 Å². The molecule has 0 unspecified atom stereocenters. The smallest absolute Gasteiger partial charge is 0.240 e. The molecule has 3 N–H and O–H groups in total. The topological polar surface area (TPSA) is 96.0 Å². The summed E-state index contributed by atoms with van der Waals surface area (Å²) in [6.07, 6.45) is 6.00. The van der Waals surface area contributed by atoms with Crippen LogP contribution in [0.4, 0.5) is 0 Å². The van der Waals surface area contributed by atoms with E-state index in [9.17, 15) is 8.42 Å². The molecular formula is C15H20ClN3O2S. The number of hydrogen-bond acceptors (Lipinski definition) is 4. The standard InChI is InChI=1S/C15H20ClN3O2S/c16-14-9-13(6-5-12(14)10-17)22(20,21)19-11-15(18)7-3-1-2-4-8-15/h5-6,9,19H,1-4,7-8,11,18H2. The summed E-state index contributed by atoms with van der Waals surface area (Å²) in [6, 6.07) is 5.98. The van der Waals surface area contributed by atoms with E-state index in [-0.39, 0.29) is 22.0 Å². The van der Waals surface area contributed by atoms with Gasteiger partial charge in [0.15, 0.2) is 0 Å². The molecule has 0 saturated heterocycles. The molecule has 0 aromatic heterocycles. The molecule has 1 aromatic carbocycles. The minimum Gasteiger partial charge on any atom is -0.324 e. The molecule has 1 aliphatic carbocycles. The van der Waals surface area contributed by atoms with E-state index in [1.54, 1.807) is 0 Å². The van der Waals surface area contributed by atoms with Crippen molar-refractivity contribution < 1.29 is 8.42 Å². The van der Waals surface area contributed by atoms with Gasteiger partial charge in [0.25, 0.3) is 0 Å². The lowest BCUT2D eigenvalue weighted by atomic mass is 9.92. The summed E-state index contributed by atoms with van der Waals surface area (Å²) in [5, 5.41) is 8.96. The predicted octanol–water partition coefficient (Wildman–Crippen LogP) is 2.54. The molecular weight excluding hydrogens is 322 g/mol. The van der Waals surface area contributed by atoms with Gasteiger partial charge in [-0.15, -0.1) is 0 Å². The fraction of sp³-hybridized carbons (Fsp3) is 0.533. The summed E-state index contributed by atoms with van der Waals surface area (Å²) in [6.45, 7) is 0.215. The van der Waals surface area contributed by atoms with Crippen LogP contribution in [-0.4, -0.2) is 20.5 Å². The summed E-state index contributed by atoms with van der Waals surface area (Å²) in [5.41, 5.74) is 6.09. The first-order chi connectivity index (χ1) is 10.4. The Bertz CT molecular complexity index is 675. The van der Waals surface area contributed by atoms with Crippen LogP contribution >= 0.6 is 11.6 Å². The van der Waals surface area contributed by atoms with Crippen LogP contribution in [0.3, 0.4) is 0 Å². The molecule has 1 aromatic rings. The normalized spacial score (nSPS) is 18.4. The SMILES string of the molecule is N#Cc1ccc(S(=O)(=O)NCC2(N)CCCCCC2)cc1Cl. The molecule has 0 aliphatic heterocycles. The van der Waals surface area contributed by atoms with Crippen LogP contribution in [0.25, 0.3) is 0 Å². The first kappa shape index (κ1) is 17.2. The van der Waals surface area contributed by atoms with Crippen molar-refractivity contribution in [2.45, 2.75) is 49.0 Å². The van der Waals surface area contributed by atoms with Gasteiger partial charge in [-0.1, -0.05) is 37.3 Å². The molecule has 7 heteroatoms. The van der Waals surface area contributed by atoms with Crippen molar-refractivity contribution in [2.75, 3.05) is 6.54 Å². The molecule has 1 aliphatic rings.